The van der Waals surface area contributed by atoms with Crippen LogP contribution in [-0.2, 0) is 16.1 Å². The topological polar surface area (TPSA) is 76.7 Å². The highest BCUT2D eigenvalue weighted by atomic mass is 16.5. The summed E-state index contributed by atoms with van der Waals surface area (Å²) in [6.45, 7) is 3.03. The van der Waals surface area contributed by atoms with E-state index in [0.29, 0.717) is 31.0 Å². The molecule has 0 aromatic carbocycles. The van der Waals surface area contributed by atoms with Crippen LogP contribution < -0.4 is 5.32 Å². The van der Waals surface area contributed by atoms with E-state index in [-0.39, 0.29) is 17.9 Å². The molecule has 0 spiro atoms. The third-order valence-electron chi connectivity index (χ3n) is 6.50. The smallest absolute Gasteiger partial charge is 0.271 e. The highest BCUT2D eigenvalue weighted by Gasteiger charge is 2.48. The van der Waals surface area contributed by atoms with Crippen molar-refractivity contribution in [3.05, 3.63) is 24.1 Å². The van der Waals surface area contributed by atoms with Crippen molar-refractivity contribution in [3.63, 3.8) is 0 Å². The van der Waals surface area contributed by atoms with Crippen molar-refractivity contribution in [2.75, 3.05) is 20.3 Å². The standard InChI is InChI=1S/C22H31N3O4/c1-22(21(27)23-16-8-6-4-3-5-7-9-16)15-24-17-10-12-29-19(17)14-18(24)20(26)25(22)11-13-28-2/h10,12,14,16H,3-9,11,13,15H2,1-2H3,(H,23,27)/t22-/m0/s1. The van der Waals surface area contributed by atoms with E-state index in [1.165, 1.54) is 19.3 Å². The van der Waals surface area contributed by atoms with Crippen molar-refractivity contribution in [1.82, 2.24) is 14.8 Å². The lowest BCUT2D eigenvalue weighted by molar-refractivity contribution is -0.134. The number of hydrogen-bond acceptors (Lipinski definition) is 4. The number of hydrogen-bond donors (Lipinski definition) is 1. The van der Waals surface area contributed by atoms with Gasteiger partial charge in [0.25, 0.3) is 5.91 Å². The molecule has 0 saturated heterocycles. The Hall–Kier alpha value is -2.28. The molecule has 2 aromatic heterocycles. The summed E-state index contributed by atoms with van der Waals surface area (Å²) in [4.78, 5) is 28.5. The van der Waals surface area contributed by atoms with Crippen LogP contribution in [0.1, 0.15) is 62.4 Å². The van der Waals surface area contributed by atoms with Crippen LogP contribution in [-0.4, -0.2) is 53.1 Å². The third kappa shape index (κ3) is 3.68. The molecule has 1 aliphatic carbocycles. The van der Waals surface area contributed by atoms with Crippen LogP contribution in [0.15, 0.2) is 22.8 Å². The molecular formula is C22H31N3O4. The maximum atomic E-state index is 13.5. The van der Waals surface area contributed by atoms with E-state index in [0.717, 1.165) is 31.2 Å². The number of nitrogens with one attached hydrogen (secondary N) is 1. The number of carbonyl (C=O) groups excluding carboxylic acids is 2. The van der Waals surface area contributed by atoms with E-state index >= 15 is 0 Å². The molecule has 1 aliphatic heterocycles. The van der Waals surface area contributed by atoms with Gasteiger partial charge in [-0.3, -0.25) is 9.59 Å². The molecule has 2 aromatic rings. The van der Waals surface area contributed by atoms with Gasteiger partial charge in [-0.1, -0.05) is 32.1 Å². The fourth-order valence-corrected chi connectivity index (χ4v) is 4.75. The first-order valence-electron chi connectivity index (χ1n) is 10.7. The third-order valence-corrected chi connectivity index (χ3v) is 6.50. The van der Waals surface area contributed by atoms with Crippen LogP contribution >= 0.6 is 0 Å². The number of aromatic nitrogens is 1. The second-order valence-electron chi connectivity index (χ2n) is 8.52. The number of furan rings is 1. The molecule has 1 fully saturated rings. The molecule has 1 N–H and O–H groups in total. The van der Waals surface area contributed by atoms with Crippen molar-refractivity contribution < 1.29 is 18.7 Å². The highest BCUT2D eigenvalue weighted by molar-refractivity contribution is 6.02. The number of rotatable bonds is 5. The quantitative estimate of drug-likeness (QED) is 0.834. The van der Waals surface area contributed by atoms with Gasteiger partial charge in [0, 0.05) is 31.8 Å². The molecule has 29 heavy (non-hydrogen) atoms. The number of nitrogens with zero attached hydrogens (tertiary/aromatic N) is 2. The molecule has 158 valence electrons. The minimum atomic E-state index is -0.978. The van der Waals surface area contributed by atoms with E-state index in [2.05, 4.69) is 5.32 Å². The molecule has 3 heterocycles. The van der Waals surface area contributed by atoms with E-state index in [4.69, 9.17) is 9.15 Å². The zero-order valence-electron chi connectivity index (χ0n) is 17.4. The zero-order chi connectivity index (χ0) is 20.4. The summed E-state index contributed by atoms with van der Waals surface area (Å²) in [5.74, 6) is -0.237. The SMILES string of the molecule is COCCN1C(=O)c2cc3occc3n2C[C@@]1(C)C(=O)NC1CCCCCCC1. The van der Waals surface area contributed by atoms with Gasteiger partial charge in [0.05, 0.1) is 24.9 Å². The first-order chi connectivity index (χ1) is 14.0. The van der Waals surface area contributed by atoms with Gasteiger partial charge in [0.2, 0.25) is 5.91 Å². The van der Waals surface area contributed by atoms with E-state index in [1.807, 2.05) is 17.6 Å². The van der Waals surface area contributed by atoms with E-state index in [1.54, 1.807) is 24.3 Å². The second kappa shape index (κ2) is 8.22. The number of methoxy groups -OCH3 is 1. The van der Waals surface area contributed by atoms with Crippen molar-refractivity contribution in [2.24, 2.45) is 0 Å². The van der Waals surface area contributed by atoms with E-state index < -0.39 is 5.54 Å². The van der Waals surface area contributed by atoms with Crippen LogP contribution in [0.25, 0.3) is 11.1 Å². The Labute approximate surface area is 171 Å². The minimum absolute atomic E-state index is 0.0801. The molecule has 1 atom stereocenters. The van der Waals surface area contributed by atoms with Gasteiger partial charge in [0.1, 0.15) is 11.2 Å². The van der Waals surface area contributed by atoms with Gasteiger partial charge in [-0.25, -0.2) is 0 Å². The van der Waals surface area contributed by atoms with Gasteiger partial charge in [-0.15, -0.1) is 0 Å². The Bertz CT molecular complexity index is 878. The molecular weight excluding hydrogens is 370 g/mol. The normalized spacial score (nSPS) is 23.7. The van der Waals surface area contributed by atoms with E-state index in [9.17, 15) is 9.59 Å². The van der Waals surface area contributed by atoms with Gasteiger partial charge >= 0.3 is 0 Å². The summed E-state index contributed by atoms with van der Waals surface area (Å²) in [7, 11) is 1.61. The Morgan fingerprint density at radius 2 is 2.00 bits per heavy atom. The Balaban J connectivity index is 1.63. The van der Waals surface area contributed by atoms with Crippen molar-refractivity contribution >= 4 is 22.9 Å². The summed E-state index contributed by atoms with van der Waals surface area (Å²) < 4.78 is 12.6. The fraction of sp³-hybridized carbons (Fsp3) is 0.636. The fourth-order valence-electron chi connectivity index (χ4n) is 4.75. The van der Waals surface area contributed by atoms with Gasteiger partial charge in [0.15, 0.2) is 5.58 Å². The zero-order valence-corrected chi connectivity index (χ0v) is 17.4. The lowest BCUT2D eigenvalue weighted by atomic mass is 9.92. The van der Waals surface area contributed by atoms with Crippen LogP contribution in [0.4, 0.5) is 0 Å². The van der Waals surface area contributed by atoms with Crippen LogP contribution in [0, 0.1) is 0 Å². The number of fused-ring (bicyclic) bond motifs is 3. The largest absolute Gasteiger partial charge is 0.463 e. The van der Waals surface area contributed by atoms with Crippen LogP contribution in [0.3, 0.4) is 0 Å². The average Bonchev–Trinajstić information content (AvgIpc) is 3.26. The highest BCUT2D eigenvalue weighted by Crippen LogP contribution is 2.33. The van der Waals surface area contributed by atoms with Crippen molar-refractivity contribution in [1.29, 1.82) is 0 Å². The molecule has 0 radical (unpaired) electrons. The summed E-state index contributed by atoms with van der Waals surface area (Å²) in [5.41, 5.74) is 1.11. The van der Waals surface area contributed by atoms with Gasteiger partial charge in [-0.2, -0.15) is 0 Å². The summed E-state index contributed by atoms with van der Waals surface area (Å²) in [5, 5.41) is 3.28. The molecule has 1 saturated carbocycles. The molecule has 2 aliphatic rings. The maximum Gasteiger partial charge on any atom is 0.271 e. The van der Waals surface area contributed by atoms with Gasteiger partial charge in [-0.05, 0) is 19.8 Å². The molecule has 0 bridgehead atoms. The molecule has 7 heteroatoms. The summed E-state index contributed by atoms with van der Waals surface area (Å²) in [6, 6.07) is 3.80. The lowest BCUT2D eigenvalue weighted by Gasteiger charge is -2.44. The van der Waals surface area contributed by atoms with Crippen molar-refractivity contribution in [3.8, 4) is 0 Å². The monoisotopic (exact) mass is 401 g/mol. The van der Waals surface area contributed by atoms with Crippen LogP contribution in [0.2, 0.25) is 0 Å². The first-order valence-corrected chi connectivity index (χ1v) is 10.7. The summed E-state index contributed by atoms with van der Waals surface area (Å²) in [6.07, 6.45) is 9.67. The number of carbonyl (C=O) groups is 2. The van der Waals surface area contributed by atoms with Gasteiger partial charge < -0.3 is 23.9 Å². The van der Waals surface area contributed by atoms with Crippen LogP contribution in [0.5, 0.6) is 0 Å². The molecule has 2 amide bonds. The summed E-state index contributed by atoms with van der Waals surface area (Å²) >= 11 is 0. The molecule has 7 nitrogen and oxygen atoms in total. The average molecular weight is 402 g/mol. The first kappa shape index (κ1) is 20.0. The molecule has 4 rings (SSSR count). The number of ether oxygens (including phenoxy) is 1. The molecule has 0 unspecified atom stereocenters. The Kier molecular flexibility index (Phi) is 5.67. The maximum absolute atomic E-state index is 13.5. The lowest BCUT2D eigenvalue weighted by Crippen LogP contribution is -2.65. The second-order valence-corrected chi connectivity index (χ2v) is 8.52. The van der Waals surface area contributed by atoms with Crippen molar-refractivity contribution in [2.45, 2.75) is 70.0 Å². The minimum Gasteiger partial charge on any atom is -0.463 e. The predicted molar refractivity (Wildman–Crippen MR) is 110 cm³/mol. The predicted octanol–water partition coefficient (Wildman–Crippen LogP) is 3.32. The Morgan fingerprint density at radius 1 is 1.28 bits per heavy atom. The Morgan fingerprint density at radius 3 is 2.72 bits per heavy atom. The number of amides is 2.